The average Bonchev–Trinajstić information content (AvgIpc) is 2.77. The van der Waals surface area contributed by atoms with Gasteiger partial charge in [-0.1, -0.05) is 34.6 Å². The Morgan fingerprint density at radius 3 is 1.10 bits per heavy atom. The monoisotopic (exact) mass is 459 g/mol. The minimum absolute atomic E-state index is 1.03. The molecule has 188 valence electrons. The Kier molecular flexibility index (Phi) is 20.6. The lowest BCUT2D eigenvalue weighted by atomic mass is 10.2. The molecule has 0 unspecified atom stereocenters. The van der Waals surface area contributed by atoms with Gasteiger partial charge in [-0.2, -0.15) is 0 Å². The predicted octanol–water partition coefficient (Wildman–Crippen LogP) is 5.46. The van der Waals surface area contributed by atoms with Crippen LogP contribution in [0, 0.1) is 0 Å². The number of hydrogen-bond acceptors (Lipinski definition) is 5. The molecule has 0 aromatic heterocycles. The van der Waals surface area contributed by atoms with Crippen molar-refractivity contribution in [1.82, 2.24) is 14.7 Å². The van der Waals surface area contributed by atoms with Gasteiger partial charge in [0, 0.05) is 14.2 Å². The van der Waals surface area contributed by atoms with E-state index in [9.17, 15) is 0 Å². The molecule has 0 spiro atoms. The van der Waals surface area contributed by atoms with Gasteiger partial charge in [0.25, 0.3) is 0 Å². The molecule has 0 radical (unpaired) electrons. The second kappa shape index (κ2) is 20.6. The van der Waals surface area contributed by atoms with Crippen LogP contribution in [0.5, 0.6) is 0 Å². The highest BCUT2D eigenvalue weighted by Crippen LogP contribution is 2.19. The van der Waals surface area contributed by atoms with Gasteiger partial charge in [0.15, 0.2) is 0 Å². The summed E-state index contributed by atoms with van der Waals surface area (Å²) >= 11 is 0. The standard InChI is InChI=1S/C25H57N3O2Si/c1-8-16-26(17-9-2)20-13-22-28(23-14-21-27(18-10-3)19-11-4)24-15-25-31(12-5,29-6)30-7/h8-25H2,1-7H3. The van der Waals surface area contributed by atoms with Gasteiger partial charge in [-0.15, -0.1) is 0 Å². The molecule has 0 fully saturated rings. The summed E-state index contributed by atoms with van der Waals surface area (Å²) in [6.07, 6.45) is 8.76. The van der Waals surface area contributed by atoms with Crippen LogP contribution < -0.4 is 0 Å². The Hall–Kier alpha value is 0.0169. The Balaban J connectivity index is 4.68. The molecular formula is C25H57N3O2Si. The molecule has 0 amide bonds. The Morgan fingerprint density at radius 2 is 0.806 bits per heavy atom. The van der Waals surface area contributed by atoms with Crippen molar-refractivity contribution in [3.05, 3.63) is 0 Å². The summed E-state index contributed by atoms with van der Waals surface area (Å²) < 4.78 is 11.7. The van der Waals surface area contributed by atoms with Crippen molar-refractivity contribution in [3.63, 3.8) is 0 Å². The van der Waals surface area contributed by atoms with Crippen LogP contribution >= 0.6 is 0 Å². The van der Waals surface area contributed by atoms with Crippen molar-refractivity contribution in [3.8, 4) is 0 Å². The van der Waals surface area contributed by atoms with Gasteiger partial charge >= 0.3 is 8.56 Å². The lowest BCUT2D eigenvalue weighted by Crippen LogP contribution is -2.40. The maximum Gasteiger partial charge on any atom is 0.337 e. The molecule has 0 aliphatic heterocycles. The third-order valence-corrected chi connectivity index (χ3v) is 10.1. The van der Waals surface area contributed by atoms with E-state index < -0.39 is 8.56 Å². The molecule has 0 heterocycles. The van der Waals surface area contributed by atoms with Crippen LogP contribution in [0.1, 0.15) is 79.6 Å². The van der Waals surface area contributed by atoms with E-state index in [4.69, 9.17) is 8.85 Å². The third kappa shape index (κ3) is 14.7. The van der Waals surface area contributed by atoms with Gasteiger partial charge in [-0.3, -0.25) is 0 Å². The lowest BCUT2D eigenvalue weighted by molar-refractivity contribution is 0.203. The van der Waals surface area contributed by atoms with E-state index in [1.54, 1.807) is 0 Å². The molecule has 6 heteroatoms. The third-order valence-electron chi connectivity index (χ3n) is 6.37. The molecule has 0 N–H and O–H groups in total. The van der Waals surface area contributed by atoms with Gasteiger partial charge in [0.05, 0.1) is 0 Å². The van der Waals surface area contributed by atoms with Crippen molar-refractivity contribution >= 4 is 8.56 Å². The summed E-state index contributed by atoms with van der Waals surface area (Å²) in [5, 5.41) is 0. The molecule has 0 atom stereocenters. The van der Waals surface area contributed by atoms with Crippen molar-refractivity contribution in [2.75, 3.05) is 73.1 Å². The zero-order valence-corrected chi connectivity index (χ0v) is 23.4. The van der Waals surface area contributed by atoms with E-state index in [0.717, 1.165) is 12.1 Å². The van der Waals surface area contributed by atoms with Gasteiger partial charge in [0.2, 0.25) is 0 Å². The Morgan fingerprint density at radius 1 is 0.484 bits per heavy atom. The summed E-state index contributed by atoms with van der Waals surface area (Å²) in [7, 11) is 1.70. The second-order valence-corrected chi connectivity index (χ2v) is 12.9. The lowest BCUT2D eigenvalue weighted by Gasteiger charge is -2.29. The molecule has 0 saturated carbocycles. The molecule has 0 bridgehead atoms. The minimum atomic E-state index is -1.97. The van der Waals surface area contributed by atoms with Gasteiger partial charge < -0.3 is 23.6 Å². The topological polar surface area (TPSA) is 28.2 Å². The van der Waals surface area contributed by atoms with Gasteiger partial charge in [-0.05, 0) is 116 Å². The smallest absolute Gasteiger partial charge is 0.337 e. The van der Waals surface area contributed by atoms with Gasteiger partial charge in [-0.25, -0.2) is 0 Å². The largest absolute Gasteiger partial charge is 0.398 e. The maximum atomic E-state index is 5.84. The summed E-state index contributed by atoms with van der Waals surface area (Å²) in [4.78, 5) is 8.01. The van der Waals surface area contributed by atoms with Crippen molar-refractivity contribution in [2.24, 2.45) is 0 Å². The SMILES string of the molecule is CCCN(CCC)CCCN(CCCN(CCC)CCC)CCC[Si](CC)(OC)OC. The van der Waals surface area contributed by atoms with Crippen molar-refractivity contribution in [1.29, 1.82) is 0 Å². The van der Waals surface area contributed by atoms with E-state index in [1.807, 2.05) is 14.2 Å². The highest BCUT2D eigenvalue weighted by molar-refractivity contribution is 6.67. The van der Waals surface area contributed by atoms with E-state index in [0.29, 0.717) is 0 Å². The maximum absolute atomic E-state index is 5.84. The summed E-state index contributed by atoms with van der Waals surface area (Å²) in [6.45, 7) is 22.4. The zero-order chi connectivity index (χ0) is 23.4. The predicted molar refractivity (Wildman–Crippen MR) is 139 cm³/mol. The van der Waals surface area contributed by atoms with Crippen LogP contribution in [-0.2, 0) is 8.85 Å². The quantitative estimate of drug-likeness (QED) is 0.189. The van der Waals surface area contributed by atoms with E-state index in [-0.39, 0.29) is 0 Å². The van der Waals surface area contributed by atoms with Crippen LogP contribution in [0.3, 0.4) is 0 Å². The first kappa shape index (κ1) is 31.0. The fourth-order valence-corrected chi connectivity index (χ4v) is 6.83. The molecule has 0 saturated heterocycles. The molecule has 0 aliphatic carbocycles. The summed E-state index contributed by atoms with van der Waals surface area (Å²) in [6, 6.07) is 2.13. The van der Waals surface area contributed by atoms with Crippen LogP contribution in [0.4, 0.5) is 0 Å². The molecule has 5 nitrogen and oxygen atoms in total. The molecule has 0 aromatic rings. The van der Waals surface area contributed by atoms with Crippen LogP contribution in [-0.4, -0.2) is 96.4 Å². The molecule has 31 heavy (non-hydrogen) atoms. The zero-order valence-electron chi connectivity index (χ0n) is 22.4. The highest BCUT2D eigenvalue weighted by Gasteiger charge is 2.32. The van der Waals surface area contributed by atoms with Crippen LogP contribution in [0.25, 0.3) is 0 Å². The van der Waals surface area contributed by atoms with E-state index >= 15 is 0 Å². The Bertz CT molecular complexity index is 342. The van der Waals surface area contributed by atoms with E-state index in [1.165, 1.54) is 104 Å². The van der Waals surface area contributed by atoms with Crippen molar-refractivity contribution in [2.45, 2.75) is 91.7 Å². The fraction of sp³-hybridized carbons (Fsp3) is 1.00. The number of rotatable bonds is 23. The van der Waals surface area contributed by atoms with Gasteiger partial charge in [0.1, 0.15) is 0 Å². The van der Waals surface area contributed by atoms with E-state index in [2.05, 4.69) is 49.3 Å². The highest BCUT2D eigenvalue weighted by atomic mass is 28.4. The van der Waals surface area contributed by atoms with Crippen LogP contribution in [0.2, 0.25) is 12.1 Å². The molecular weight excluding hydrogens is 402 g/mol. The summed E-state index contributed by atoms with van der Waals surface area (Å²) in [5.41, 5.74) is 0. The number of hydrogen-bond donors (Lipinski definition) is 0. The van der Waals surface area contributed by atoms with Crippen molar-refractivity contribution < 1.29 is 8.85 Å². The summed E-state index contributed by atoms with van der Waals surface area (Å²) in [5.74, 6) is 0. The first-order valence-electron chi connectivity index (χ1n) is 13.3. The normalized spacial score (nSPS) is 12.6. The second-order valence-electron chi connectivity index (χ2n) is 9.01. The average molecular weight is 460 g/mol. The number of nitrogens with zero attached hydrogens (tertiary/aromatic N) is 3. The Labute approximate surface area is 197 Å². The first-order valence-corrected chi connectivity index (χ1v) is 15.5. The fourth-order valence-electron chi connectivity index (χ4n) is 4.63. The molecule has 0 rings (SSSR count). The molecule has 0 aliphatic rings. The minimum Gasteiger partial charge on any atom is -0.398 e. The molecule has 0 aromatic carbocycles. The first-order chi connectivity index (χ1) is 15.0. The van der Waals surface area contributed by atoms with Crippen LogP contribution in [0.15, 0.2) is 0 Å².